The monoisotopic (exact) mass is 511 g/mol. The Labute approximate surface area is 197 Å². The molecule has 1 saturated carbocycles. The molecule has 2 N–H and O–H groups in total. The number of nitrogen functional groups attached to an aromatic ring is 1. The number of amides is 1. The second kappa shape index (κ2) is 8.73. The van der Waals surface area contributed by atoms with Gasteiger partial charge in [0, 0.05) is 23.4 Å². The molecule has 7 nitrogen and oxygen atoms in total. The summed E-state index contributed by atoms with van der Waals surface area (Å²) in [6, 6.07) is 11.4. The molecule has 1 aliphatic rings. The molecule has 164 valence electrons. The molecule has 0 saturated heterocycles. The Hall–Kier alpha value is -2.62. The van der Waals surface area contributed by atoms with Gasteiger partial charge in [-0.1, -0.05) is 0 Å². The van der Waals surface area contributed by atoms with Crippen molar-refractivity contribution in [2.75, 3.05) is 19.5 Å². The lowest BCUT2D eigenvalue weighted by atomic mass is 10.0. The van der Waals surface area contributed by atoms with E-state index < -0.39 is 0 Å². The predicted molar refractivity (Wildman–Crippen MR) is 130 cm³/mol. The molecule has 0 bridgehead atoms. The number of hydrogen-bond acceptors (Lipinski definition) is 7. The predicted octanol–water partition coefficient (Wildman–Crippen LogP) is 4.65. The van der Waals surface area contributed by atoms with Crippen molar-refractivity contribution in [1.82, 2.24) is 20.1 Å². The van der Waals surface area contributed by atoms with Gasteiger partial charge in [-0.2, -0.15) is 5.10 Å². The lowest BCUT2D eigenvalue weighted by molar-refractivity contribution is 0.0454. The third-order valence-corrected chi connectivity index (χ3v) is 7.22. The number of carbonyl (C=O) groups is 1. The molecule has 3 heterocycles. The highest BCUT2D eigenvalue weighted by atomic mass is 79.9. The summed E-state index contributed by atoms with van der Waals surface area (Å²) < 4.78 is 7.11. The molecule has 1 aromatic carbocycles. The number of pyridine rings is 1. The fourth-order valence-corrected chi connectivity index (χ4v) is 5.15. The van der Waals surface area contributed by atoms with E-state index in [0.717, 1.165) is 39.5 Å². The Kier molecular flexibility index (Phi) is 5.79. The second-order valence-corrected chi connectivity index (χ2v) is 9.76. The van der Waals surface area contributed by atoms with E-state index in [-0.39, 0.29) is 11.9 Å². The van der Waals surface area contributed by atoms with Crippen molar-refractivity contribution in [2.24, 2.45) is 5.92 Å². The number of hydrogen-bond donors (Lipinski definition) is 1. The molecule has 1 unspecified atom stereocenters. The van der Waals surface area contributed by atoms with E-state index in [1.807, 2.05) is 46.7 Å². The van der Waals surface area contributed by atoms with E-state index in [9.17, 15) is 4.79 Å². The number of anilines is 1. The van der Waals surface area contributed by atoms with Crippen LogP contribution in [-0.4, -0.2) is 45.7 Å². The number of aromatic nitrogens is 3. The van der Waals surface area contributed by atoms with E-state index >= 15 is 0 Å². The minimum Gasteiger partial charge on any atom is -0.383 e. The van der Waals surface area contributed by atoms with Gasteiger partial charge in [0.15, 0.2) is 0 Å². The smallest absolute Gasteiger partial charge is 0.254 e. The van der Waals surface area contributed by atoms with Gasteiger partial charge in [-0.25, -0.2) is 4.98 Å². The van der Waals surface area contributed by atoms with Crippen molar-refractivity contribution in [3.05, 3.63) is 57.6 Å². The molecule has 0 aliphatic heterocycles. The molecule has 4 aromatic rings. The summed E-state index contributed by atoms with van der Waals surface area (Å²) in [6.07, 6.45) is 2.19. The zero-order chi connectivity index (χ0) is 22.2. The minimum absolute atomic E-state index is 0.0145. The number of methoxy groups -OCH3 is 1. The van der Waals surface area contributed by atoms with Gasteiger partial charge >= 0.3 is 0 Å². The van der Waals surface area contributed by atoms with Gasteiger partial charge in [-0.15, -0.1) is 16.4 Å². The largest absolute Gasteiger partial charge is 0.383 e. The van der Waals surface area contributed by atoms with Crippen LogP contribution in [0.5, 0.6) is 0 Å². The van der Waals surface area contributed by atoms with Crippen LogP contribution >= 0.6 is 27.3 Å². The Bertz CT molecular complexity index is 1290. The Balaban J connectivity index is 1.55. The van der Waals surface area contributed by atoms with Crippen molar-refractivity contribution >= 4 is 60.0 Å². The van der Waals surface area contributed by atoms with E-state index in [0.29, 0.717) is 35.1 Å². The standard InChI is InChI=1S/C23H22BrN5O2S/c1-31-12-19(13-2-3-13)29(11-15-5-7-20(24)28-27-15)23(30)14-4-6-18-17(10-14)16-8-9-32-21(16)22(25)26-18/h4-10,13,19H,2-3,11-12H2,1H3,(H2,25,26). The van der Waals surface area contributed by atoms with Crippen LogP contribution in [0.15, 0.2) is 46.4 Å². The van der Waals surface area contributed by atoms with Crippen molar-refractivity contribution in [3.63, 3.8) is 0 Å². The first-order chi connectivity index (χ1) is 15.5. The first kappa shape index (κ1) is 21.2. The van der Waals surface area contributed by atoms with Gasteiger partial charge in [-0.3, -0.25) is 4.79 Å². The fourth-order valence-electron chi connectivity index (χ4n) is 4.12. The lowest BCUT2D eigenvalue weighted by Crippen LogP contribution is -2.44. The van der Waals surface area contributed by atoms with E-state index in [1.54, 1.807) is 18.4 Å². The number of benzene rings is 1. The van der Waals surface area contributed by atoms with Crippen molar-refractivity contribution < 1.29 is 9.53 Å². The van der Waals surface area contributed by atoms with Gasteiger partial charge in [0.1, 0.15) is 10.4 Å². The highest BCUT2D eigenvalue weighted by Gasteiger charge is 2.38. The third-order valence-electron chi connectivity index (χ3n) is 5.86. The molecule has 3 aromatic heterocycles. The number of carbonyl (C=O) groups excluding carboxylic acids is 1. The normalized spacial score (nSPS) is 14.7. The summed E-state index contributed by atoms with van der Waals surface area (Å²) in [6.45, 7) is 0.857. The fraction of sp³-hybridized carbons (Fsp3) is 0.304. The summed E-state index contributed by atoms with van der Waals surface area (Å²) in [5.41, 5.74) is 8.25. The molecular weight excluding hydrogens is 490 g/mol. The van der Waals surface area contributed by atoms with Gasteiger partial charge < -0.3 is 15.4 Å². The molecule has 0 radical (unpaired) electrons. The van der Waals surface area contributed by atoms with Crippen LogP contribution in [0.25, 0.3) is 21.0 Å². The van der Waals surface area contributed by atoms with Crippen molar-refractivity contribution in [2.45, 2.75) is 25.4 Å². The molecule has 32 heavy (non-hydrogen) atoms. The molecule has 5 rings (SSSR count). The number of thiophene rings is 1. The zero-order valence-electron chi connectivity index (χ0n) is 17.5. The average molecular weight is 512 g/mol. The van der Waals surface area contributed by atoms with Crippen LogP contribution < -0.4 is 5.73 Å². The number of nitrogens with zero attached hydrogens (tertiary/aromatic N) is 4. The number of halogens is 1. The summed E-state index contributed by atoms with van der Waals surface area (Å²) in [7, 11) is 1.68. The Morgan fingerprint density at radius 2 is 2.09 bits per heavy atom. The van der Waals surface area contributed by atoms with Crippen LogP contribution in [0.1, 0.15) is 28.9 Å². The van der Waals surface area contributed by atoms with Crippen molar-refractivity contribution in [1.29, 1.82) is 0 Å². The number of rotatable bonds is 7. The third kappa shape index (κ3) is 4.07. The highest BCUT2D eigenvalue weighted by molar-refractivity contribution is 9.10. The first-order valence-electron chi connectivity index (χ1n) is 10.4. The molecule has 1 aliphatic carbocycles. The number of nitrogens with two attached hydrogens (primary N) is 1. The molecule has 1 atom stereocenters. The molecule has 0 spiro atoms. The molecular formula is C23H22BrN5O2S. The maximum absolute atomic E-state index is 13.8. The number of ether oxygens (including phenoxy) is 1. The topological polar surface area (TPSA) is 94.2 Å². The minimum atomic E-state index is -0.0502. The van der Waals surface area contributed by atoms with Gasteiger partial charge in [0.25, 0.3) is 5.91 Å². The van der Waals surface area contributed by atoms with Crippen LogP contribution in [-0.2, 0) is 11.3 Å². The molecule has 1 fully saturated rings. The summed E-state index contributed by atoms with van der Waals surface area (Å²) in [4.78, 5) is 20.2. The summed E-state index contributed by atoms with van der Waals surface area (Å²) >= 11 is 4.88. The van der Waals surface area contributed by atoms with Crippen LogP contribution in [0.3, 0.4) is 0 Å². The summed E-state index contributed by atoms with van der Waals surface area (Å²) in [5.74, 6) is 0.907. The van der Waals surface area contributed by atoms with Crippen LogP contribution in [0, 0.1) is 5.92 Å². The van der Waals surface area contributed by atoms with Crippen LogP contribution in [0.4, 0.5) is 5.82 Å². The quantitative estimate of drug-likeness (QED) is 0.388. The summed E-state index contributed by atoms with van der Waals surface area (Å²) in [5, 5.41) is 12.3. The average Bonchev–Trinajstić information content (AvgIpc) is 3.51. The molecule has 9 heteroatoms. The van der Waals surface area contributed by atoms with E-state index in [4.69, 9.17) is 10.5 Å². The van der Waals surface area contributed by atoms with Gasteiger partial charge in [-0.05, 0) is 76.5 Å². The maximum Gasteiger partial charge on any atom is 0.254 e. The molecule has 1 amide bonds. The van der Waals surface area contributed by atoms with Gasteiger partial charge in [0.05, 0.1) is 35.1 Å². The van der Waals surface area contributed by atoms with Gasteiger partial charge in [0.2, 0.25) is 0 Å². The highest BCUT2D eigenvalue weighted by Crippen LogP contribution is 2.37. The Morgan fingerprint density at radius 3 is 2.81 bits per heavy atom. The first-order valence-corrected chi connectivity index (χ1v) is 12.1. The number of fused-ring (bicyclic) bond motifs is 3. The van der Waals surface area contributed by atoms with Crippen LogP contribution in [0.2, 0.25) is 0 Å². The SMILES string of the molecule is COCC(C1CC1)N(Cc1ccc(Br)nn1)C(=O)c1ccc2nc(N)c3sccc3c2c1. The Morgan fingerprint density at radius 1 is 1.25 bits per heavy atom. The van der Waals surface area contributed by atoms with Crippen molar-refractivity contribution in [3.8, 4) is 0 Å². The second-order valence-electron chi connectivity index (χ2n) is 8.03. The van der Waals surface area contributed by atoms with E-state index in [1.165, 1.54) is 0 Å². The maximum atomic E-state index is 13.8. The van der Waals surface area contributed by atoms with E-state index in [2.05, 4.69) is 31.1 Å². The lowest BCUT2D eigenvalue weighted by Gasteiger charge is -2.31. The zero-order valence-corrected chi connectivity index (χ0v) is 19.9.